The Morgan fingerprint density at radius 1 is 1.31 bits per heavy atom. The quantitative estimate of drug-likeness (QED) is 0.665. The number of amides is 1. The van der Waals surface area contributed by atoms with Crippen LogP contribution < -0.4 is 14.8 Å². The number of fused-ring (bicyclic) bond motifs is 1. The van der Waals surface area contributed by atoms with Crippen molar-refractivity contribution >= 4 is 34.2 Å². The highest BCUT2D eigenvalue weighted by Crippen LogP contribution is 2.37. The van der Waals surface area contributed by atoms with E-state index in [1.807, 2.05) is 0 Å². The number of hydrogen-bond acceptors (Lipinski definition) is 5. The van der Waals surface area contributed by atoms with Gasteiger partial charge in [0.25, 0.3) is 5.91 Å². The van der Waals surface area contributed by atoms with Gasteiger partial charge in [0.1, 0.15) is 5.75 Å². The second-order valence-electron chi connectivity index (χ2n) is 6.10. The number of carbonyl (C=O) groups is 1. The first-order valence-corrected chi connectivity index (χ1v) is 8.65. The predicted octanol–water partition coefficient (Wildman–Crippen LogP) is 3.98. The molecule has 1 N–H and O–H groups in total. The minimum Gasteiger partial charge on any atom is -0.495 e. The van der Waals surface area contributed by atoms with Crippen LogP contribution in [0, 0.1) is 6.92 Å². The average Bonchev–Trinajstić information content (AvgIpc) is 2.93. The zero-order chi connectivity index (χ0) is 21.3. The van der Waals surface area contributed by atoms with E-state index in [-0.39, 0.29) is 22.6 Å². The number of aryl methyl sites for hydroxylation is 2. The fraction of sp³-hybridized carbons (Fsp3) is 0.278. The van der Waals surface area contributed by atoms with Gasteiger partial charge in [-0.3, -0.25) is 9.48 Å². The fourth-order valence-electron chi connectivity index (χ4n) is 2.80. The lowest BCUT2D eigenvalue weighted by Crippen LogP contribution is -2.20. The number of ether oxygens (including phenoxy) is 2. The summed E-state index contributed by atoms with van der Waals surface area (Å²) in [7, 11) is 2.93. The number of halogens is 4. The third-order valence-corrected chi connectivity index (χ3v) is 4.33. The summed E-state index contributed by atoms with van der Waals surface area (Å²) in [6, 6.07) is 5.36. The molecule has 0 aliphatic heterocycles. The molecule has 0 atom stereocenters. The van der Waals surface area contributed by atoms with Crippen LogP contribution in [0.2, 0.25) is 5.02 Å². The predicted molar refractivity (Wildman–Crippen MR) is 100 cm³/mol. The van der Waals surface area contributed by atoms with Gasteiger partial charge >= 0.3 is 6.18 Å². The van der Waals surface area contributed by atoms with Gasteiger partial charge in [-0.25, -0.2) is 0 Å². The maximum atomic E-state index is 13.5. The molecular weight excluding hydrogens is 413 g/mol. The number of nitrogens with one attached hydrogen (secondary N) is 1. The van der Waals surface area contributed by atoms with Crippen LogP contribution in [0.3, 0.4) is 0 Å². The molecule has 11 heteroatoms. The monoisotopic (exact) mass is 428 g/mol. The molecule has 0 bridgehead atoms. The van der Waals surface area contributed by atoms with Gasteiger partial charge in [0.15, 0.2) is 12.3 Å². The molecule has 3 aromatic rings. The summed E-state index contributed by atoms with van der Waals surface area (Å²) in [6.07, 6.45) is -4.63. The first-order valence-electron chi connectivity index (χ1n) is 8.28. The van der Waals surface area contributed by atoms with Crippen molar-refractivity contribution in [3.63, 3.8) is 0 Å². The zero-order valence-electron chi connectivity index (χ0n) is 15.6. The van der Waals surface area contributed by atoms with E-state index < -0.39 is 24.3 Å². The van der Waals surface area contributed by atoms with Gasteiger partial charge in [-0.15, -0.1) is 0 Å². The van der Waals surface area contributed by atoms with Crippen molar-refractivity contribution in [3.05, 3.63) is 40.5 Å². The third kappa shape index (κ3) is 4.37. The van der Waals surface area contributed by atoms with Gasteiger partial charge in [-0.05, 0) is 25.1 Å². The van der Waals surface area contributed by atoms with Crippen LogP contribution in [0.15, 0.2) is 24.3 Å². The molecule has 29 heavy (non-hydrogen) atoms. The molecule has 7 nitrogen and oxygen atoms in total. The van der Waals surface area contributed by atoms with Gasteiger partial charge in [-0.2, -0.15) is 23.3 Å². The molecule has 0 spiro atoms. The number of aromatic nitrogens is 3. The molecule has 154 valence electrons. The molecule has 0 aliphatic carbocycles. The Bertz CT molecular complexity index is 1080. The molecular formula is C18H16ClF3N4O3. The molecule has 3 rings (SSSR count). The molecule has 0 aliphatic rings. The van der Waals surface area contributed by atoms with E-state index in [0.717, 1.165) is 6.07 Å². The number of hydrogen-bond donors (Lipinski definition) is 1. The zero-order valence-corrected chi connectivity index (χ0v) is 16.4. The Hall–Kier alpha value is -3.01. The summed E-state index contributed by atoms with van der Waals surface area (Å²) >= 11 is 5.99. The van der Waals surface area contributed by atoms with Crippen molar-refractivity contribution in [2.75, 3.05) is 19.0 Å². The first-order chi connectivity index (χ1) is 13.6. The highest BCUT2D eigenvalue weighted by atomic mass is 35.5. The van der Waals surface area contributed by atoms with E-state index in [0.29, 0.717) is 16.5 Å². The standard InChI is InChI=1S/C18H16ClF3N4O3/c1-9-16-11(18(20,21)22)7-15(24-17(16)26(2)25-9)29-8-14(27)23-10-4-5-13(28-3)12(19)6-10/h4-7H,8H2,1-3H3,(H,23,27). The average molecular weight is 429 g/mol. The Labute approximate surface area is 168 Å². The van der Waals surface area contributed by atoms with Crippen LogP contribution in [-0.4, -0.2) is 34.4 Å². The largest absolute Gasteiger partial charge is 0.495 e. The molecule has 2 heterocycles. The number of rotatable bonds is 5. The number of alkyl halides is 3. The number of benzene rings is 1. The molecule has 0 unspecified atom stereocenters. The highest BCUT2D eigenvalue weighted by molar-refractivity contribution is 6.32. The summed E-state index contributed by atoms with van der Waals surface area (Å²) in [5.74, 6) is -0.497. The second kappa shape index (κ2) is 7.78. The lowest BCUT2D eigenvalue weighted by Gasteiger charge is -2.12. The number of pyridine rings is 1. The van der Waals surface area contributed by atoms with E-state index in [1.165, 1.54) is 31.8 Å². The lowest BCUT2D eigenvalue weighted by atomic mass is 10.1. The minimum atomic E-state index is -4.63. The first kappa shape index (κ1) is 20.7. The second-order valence-corrected chi connectivity index (χ2v) is 6.51. The Morgan fingerprint density at radius 3 is 2.66 bits per heavy atom. The van der Waals surface area contributed by atoms with E-state index in [1.54, 1.807) is 12.1 Å². The van der Waals surface area contributed by atoms with Crippen LogP contribution in [0.4, 0.5) is 18.9 Å². The normalized spacial score (nSPS) is 11.6. The summed E-state index contributed by atoms with van der Waals surface area (Å²) < 4.78 is 51.8. The minimum absolute atomic E-state index is 0.00895. The lowest BCUT2D eigenvalue weighted by molar-refractivity contribution is -0.136. The van der Waals surface area contributed by atoms with Gasteiger partial charge in [0.2, 0.25) is 5.88 Å². The molecule has 0 radical (unpaired) electrons. The maximum Gasteiger partial charge on any atom is 0.417 e. The van der Waals surface area contributed by atoms with Crippen molar-refractivity contribution in [2.24, 2.45) is 7.05 Å². The number of carbonyl (C=O) groups excluding carboxylic acids is 1. The van der Waals surface area contributed by atoms with Crippen LogP contribution in [0.1, 0.15) is 11.3 Å². The van der Waals surface area contributed by atoms with Crippen molar-refractivity contribution in [2.45, 2.75) is 13.1 Å². The number of nitrogens with zero attached hydrogens (tertiary/aromatic N) is 3. The molecule has 0 saturated carbocycles. The molecule has 1 aromatic carbocycles. The fourth-order valence-corrected chi connectivity index (χ4v) is 3.06. The summed E-state index contributed by atoms with van der Waals surface area (Å²) in [5, 5.41) is 6.69. The van der Waals surface area contributed by atoms with E-state index in [9.17, 15) is 18.0 Å². The molecule has 1 amide bonds. The topological polar surface area (TPSA) is 78.3 Å². The maximum absolute atomic E-state index is 13.5. The van der Waals surface area contributed by atoms with Gasteiger partial charge in [0, 0.05) is 18.8 Å². The smallest absolute Gasteiger partial charge is 0.417 e. The van der Waals surface area contributed by atoms with Crippen molar-refractivity contribution in [3.8, 4) is 11.6 Å². The van der Waals surface area contributed by atoms with Gasteiger partial charge < -0.3 is 14.8 Å². The van der Waals surface area contributed by atoms with Gasteiger partial charge in [0.05, 0.1) is 28.8 Å². The third-order valence-electron chi connectivity index (χ3n) is 4.04. The van der Waals surface area contributed by atoms with Crippen molar-refractivity contribution in [1.82, 2.24) is 14.8 Å². The Kier molecular flexibility index (Phi) is 5.56. The van der Waals surface area contributed by atoms with E-state index in [2.05, 4.69) is 15.4 Å². The van der Waals surface area contributed by atoms with E-state index in [4.69, 9.17) is 21.1 Å². The van der Waals surface area contributed by atoms with Crippen LogP contribution >= 0.6 is 11.6 Å². The molecule has 0 saturated heterocycles. The van der Waals surface area contributed by atoms with Crippen LogP contribution in [0.25, 0.3) is 11.0 Å². The highest BCUT2D eigenvalue weighted by Gasteiger charge is 2.35. The summed E-state index contributed by atoms with van der Waals surface area (Å²) in [6.45, 7) is 0.920. The van der Waals surface area contributed by atoms with Crippen molar-refractivity contribution < 1.29 is 27.4 Å². The van der Waals surface area contributed by atoms with Crippen molar-refractivity contribution in [1.29, 1.82) is 0 Å². The summed E-state index contributed by atoms with van der Waals surface area (Å²) in [5.41, 5.74) is -0.339. The Balaban J connectivity index is 1.79. The molecule has 2 aromatic heterocycles. The van der Waals surface area contributed by atoms with Gasteiger partial charge in [-0.1, -0.05) is 11.6 Å². The van der Waals surface area contributed by atoms with E-state index >= 15 is 0 Å². The Morgan fingerprint density at radius 2 is 2.03 bits per heavy atom. The summed E-state index contributed by atoms with van der Waals surface area (Å²) in [4.78, 5) is 16.1. The van der Waals surface area contributed by atoms with Crippen LogP contribution in [0.5, 0.6) is 11.6 Å². The number of anilines is 1. The van der Waals surface area contributed by atoms with Crippen LogP contribution in [-0.2, 0) is 18.0 Å². The molecule has 0 fully saturated rings. The number of methoxy groups -OCH3 is 1. The SMILES string of the molecule is COc1ccc(NC(=O)COc2cc(C(F)(F)F)c3c(C)nn(C)c3n2)cc1Cl.